The summed E-state index contributed by atoms with van der Waals surface area (Å²) in [6.45, 7) is 0. The van der Waals surface area contributed by atoms with Crippen molar-refractivity contribution in [2.24, 2.45) is 5.92 Å². The summed E-state index contributed by atoms with van der Waals surface area (Å²) < 4.78 is 0. The molecule has 11 heavy (non-hydrogen) atoms. The van der Waals surface area contributed by atoms with Crippen LogP contribution in [0.4, 0.5) is 0 Å². The fourth-order valence-electron chi connectivity index (χ4n) is 1.91. The Morgan fingerprint density at radius 1 is 1.45 bits per heavy atom. The van der Waals surface area contributed by atoms with Crippen molar-refractivity contribution in [3.63, 3.8) is 0 Å². The van der Waals surface area contributed by atoms with Crippen molar-refractivity contribution < 1.29 is 4.79 Å². The molecule has 0 aromatic heterocycles. The minimum atomic E-state index is 0.278. The van der Waals surface area contributed by atoms with Gasteiger partial charge in [0, 0.05) is 6.42 Å². The van der Waals surface area contributed by atoms with E-state index in [4.69, 9.17) is 0 Å². The first-order valence-electron chi connectivity index (χ1n) is 4.26. The molecule has 0 heterocycles. The van der Waals surface area contributed by atoms with E-state index in [1.807, 2.05) is 12.2 Å². The van der Waals surface area contributed by atoms with E-state index >= 15 is 0 Å². The van der Waals surface area contributed by atoms with E-state index < -0.39 is 0 Å². The zero-order valence-electron chi connectivity index (χ0n) is 6.55. The van der Waals surface area contributed by atoms with Crippen LogP contribution in [0.1, 0.15) is 25.7 Å². The van der Waals surface area contributed by atoms with Crippen LogP contribution in [-0.2, 0) is 4.79 Å². The van der Waals surface area contributed by atoms with Crippen LogP contribution in [0.3, 0.4) is 0 Å². The molecule has 2 rings (SSSR count). The summed E-state index contributed by atoms with van der Waals surface area (Å²) in [7, 11) is 0. The first kappa shape index (κ1) is 6.84. The molecule has 1 atom stereocenters. The highest BCUT2D eigenvalue weighted by atomic mass is 16.1. The Balaban J connectivity index is 2.29. The Bertz CT molecular complexity index is 235. The Hall–Kier alpha value is -0.850. The third-order valence-corrected chi connectivity index (χ3v) is 2.49. The maximum atomic E-state index is 11.1. The Morgan fingerprint density at radius 2 is 2.36 bits per heavy atom. The van der Waals surface area contributed by atoms with Gasteiger partial charge in [-0.2, -0.15) is 0 Å². The summed E-state index contributed by atoms with van der Waals surface area (Å²) in [5, 5.41) is 0. The molecule has 1 heteroatoms. The Kier molecular flexibility index (Phi) is 1.65. The topological polar surface area (TPSA) is 17.1 Å². The summed E-state index contributed by atoms with van der Waals surface area (Å²) in [5.41, 5.74) is 1.36. The largest absolute Gasteiger partial charge is 0.295 e. The molecule has 0 spiro atoms. The maximum Gasteiger partial charge on any atom is 0.159 e. The number of hydrogen-bond donors (Lipinski definition) is 0. The summed E-state index contributed by atoms with van der Waals surface area (Å²) in [6.07, 6.45) is 10.3. The molecule has 0 N–H and O–H groups in total. The first-order chi connectivity index (χ1) is 5.36. The molecule has 1 fully saturated rings. The third-order valence-electron chi connectivity index (χ3n) is 2.49. The molecule has 0 aliphatic heterocycles. The lowest BCUT2D eigenvalue weighted by atomic mass is 10.0. The quantitative estimate of drug-likeness (QED) is 0.481. The van der Waals surface area contributed by atoms with Crippen molar-refractivity contribution in [1.29, 1.82) is 0 Å². The van der Waals surface area contributed by atoms with Crippen LogP contribution in [0, 0.1) is 5.92 Å². The molecule has 1 saturated carbocycles. The molecular weight excluding hydrogens is 136 g/mol. The molecule has 2 aliphatic carbocycles. The standard InChI is InChI=1S/C10H12O/c11-10-6-2-4-8-3-1-5-9(8)7-10/h2,4,7-8H,1,3,5-6H2. The van der Waals surface area contributed by atoms with E-state index in [1.54, 1.807) is 0 Å². The van der Waals surface area contributed by atoms with Gasteiger partial charge in [0.15, 0.2) is 5.78 Å². The minimum Gasteiger partial charge on any atom is -0.295 e. The van der Waals surface area contributed by atoms with Gasteiger partial charge in [-0.25, -0.2) is 0 Å². The Labute approximate surface area is 66.8 Å². The molecule has 0 saturated heterocycles. The fraction of sp³-hybridized carbons (Fsp3) is 0.500. The second-order valence-electron chi connectivity index (χ2n) is 3.32. The molecule has 1 unspecified atom stereocenters. The number of rotatable bonds is 0. The van der Waals surface area contributed by atoms with Gasteiger partial charge in [-0.3, -0.25) is 4.79 Å². The van der Waals surface area contributed by atoms with Gasteiger partial charge in [-0.15, -0.1) is 0 Å². The average Bonchev–Trinajstić information content (AvgIpc) is 2.31. The molecule has 0 bridgehead atoms. The number of fused-ring (bicyclic) bond motifs is 1. The summed E-state index contributed by atoms with van der Waals surface area (Å²) >= 11 is 0. The van der Waals surface area contributed by atoms with Gasteiger partial charge in [-0.05, 0) is 31.3 Å². The van der Waals surface area contributed by atoms with E-state index in [1.165, 1.54) is 18.4 Å². The van der Waals surface area contributed by atoms with Crippen LogP contribution in [0.5, 0.6) is 0 Å². The van der Waals surface area contributed by atoms with Gasteiger partial charge < -0.3 is 0 Å². The maximum absolute atomic E-state index is 11.1. The van der Waals surface area contributed by atoms with Crippen LogP contribution >= 0.6 is 0 Å². The highest BCUT2D eigenvalue weighted by Gasteiger charge is 2.20. The lowest BCUT2D eigenvalue weighted by molar-refractivity contribution is -0.113. The SMILES string of the molecule is O=C1C=C2CCCC2C=CC1. The number of carbonyl (C=O) groups excluding carboxylic acids is 1. The van der Waals surface area contributed by atoms with Crippen molar-refractivity contribution in [1.82, 2.24) is 0 Å². The Morgan fingerprint density at radius 3 is 3.27 bits per heavy atom. The van der Waals surface area contributed by atoms with Crippen molar-refractivity contribution in [3.05, 3.63) is 23.8 Å². The lowest BCUT2D eigenvalue weighted by Gasteiger charge is -2.01. The number of allylic oxidation sites excluding steroid dienone is 4. The second-order valence-corrected chi connectivity index (χ2v) is 3.32. The highest BCUT2D eigenvalue weighted by Crippen LogP contribution is 2.33. The molecular formula is C10H12O. The van der Waals surface area contributed by atoms with Crippen molar-refractivity contribution in [3.8, 4) is 0 Å². The van der Waals surface area contributed by atoms with Crippen LogP contribution < -0.4 is 0 Å². The zero-order chi connectivity index (χ0) is 7.68. The molecule has 0 amide bonds. The normalized spacial score (nSPS) is 29.6. The van der Waals surface area contributed by atoms with E-state index in [2.05, 4.69) is 6.08 Å². The average molecular weight is 148 g/mol. The smallest absolute Gasteiger partial charge is 0.159 e. The van der Waals surface area contributed by atoms with Crippen molar-refractivity contribution in [2.75, 3.05) is 0 Å². The van der Waals surface area contributed by atoms with Crippen molar-refractivity contribution in [2.45, 2.75) is 25.7 Å². The predicted octanol–water partition coefficient (Wildman–Crippen LogP) is 2.24. The predicted molar refractivity (Wildman–Crippen MR) is 44.2 cm³/mol. The first-order valence-corrected chi connectivity index (χ1v) is 4.26. The molecule has 1 nitrogen and oxygen atoms in total. The molecule has 0 aromatic carbocycles. The van der Waals surface area contributed by atoms with Gasteiger partial charge in [-0.1, -0.05) is 17.7 Å². The zero-order valence-corrected chi connectivity index (χ0v) is 6.55. The molecule has 58 valence electrons. The van der Waals surface area contributed by atoms with Crippen LogP contribution in [0.15, 0.2) is 23.8 Å². The summed E-state index contributed by atoms with van der Waals surface area (Å²) in [6, 6.07) is 0. The van der Waals surface area contributed by atoms with Gasteiger partial charge >= 0.3 is 0 Å². The van der Waals surface area contributed by atoms with Crippen LogP contribution in [0.2, 0.25) is 0 Å². The number of ketones is 1. The van der Waals surface area contributed by atoms with Crippen LogP contribution in [-0.4, -0.2) is 5.78 Å². The summed E-state index contributed by atoms with van der Waals surface area (Å²) in [4.78, 5) is 11.1. The molecule has 0 aromatic rings. The minimum absolute atomic E-state index is 0.278. The number of carbonyl (C=O) groups is 1. The fourth-order valence-corrected chi connectivity index (χ4v) is 1.91. The van der Waals surface area contributed by atoms with Gasteiger partial charge in [0.25, 0.3) is 0 Å². The van der Waals surface area contributed by atoms with Crippen LogP contribution in [0.25, 0.3) is 0 Å². The van der Waals surface area contributed by atoms with E-state index in [0.717, 1.165) is 6.42 Å². The van der Waals surface area contributed by atoms with Gasteiger partial charge in [0.05, 0.1) is 0 Å². The highest BCUT2D eigenvalue weighted by molar-refractivity contribution is 5.92. The van der Waals surface area contributed by atoms with E-state index in [-0.39, 0.29) is 5.78 Å². The second kappa shape index (κ2) is 2.65. The van der Waals surface area contributed by atoms with Gasteiger partial charge in [0.2, 0.25) is 0 Å². The molecule has 0 radical (unpaired) electrons. The van der Waals surface area contributed by atoms with E-state index in [9.17, 15) is 4.79 Å². The summed E-state index contributed by atoms with van der Waals surface area (Å²) in [5.74, 6) is 0.877. The molecule has 2 aliphatic rings. The number of hydrogen-bond acceptors (Lipinski definition) is 1. The van der Waals surface area contributed by atoms with E-state index in [0.29, 0.717) is 12.3 Å². The lowest BCUT2D eigenvalue weighted by Crippen LogP contribution is -1.92. The van der Waals surface area contributed by atoms with Gasteiger partial charge in [0.1, 0.15) is 0 Å². The third kappa shape index (κ3) is 1.28. The monoisotopic (exact) mass is 148 g/mol. The van der Waals surface area contributed by atoms with Crippen molar-refractivity contribution >= 4 is 5.78 Å².